The molecule has 1 aromatic carbocycles. The molecule has 24 heavy (non-hydrogen) atoms. The second-order valence-corrected chi connectivity index (χ2v) is 6.77. The highest BCUT2D eigenvalue weighted by Gasteiger charge is 2.18. The Labute approximate surface area is 150 Å². The molecular formula is C17H20ClN3O2S. The maximum absolute atomic E-state index is 12.0. The first-order valence-corrected chi connectivity index (χ1v) is 8.78. The van der Waals surface area contributed by atoms with Crippen molar-refractivity contribution >= 4 is 34.8 Å². The fourth-order valence-corrected chi connectivity index (χ4v) is 3.03. The van der Waals surface area contributed by atoms with Gasteiger partial charge in [0, 0.05) is 18.1 Å². The highest BCUT2D eigenvalue weighted by atomic mass is 35.5. The maximum Gasteiger partial charge on any atom is 0.309 e. The zero-order valence-electron chi connectivity index (χ0n) is 13.6. The van der Waals surface area contributed by atoms with E-state index in [1.54, 1.807) is 35.6 Å². The van der Waals surface area contributed by atoms with Crippen molar-refractivity contribution in [2.45, 2.75) is 12.6 Å². The van der Waals surface area contributed by atoms with E-state index in [1.165, 1.54) is 0 Å². The van der Waals surface area contributed by atoms with Crippen LogP contribution in [0.2, 0.25) is 5.02 Å². The Kier molecular flexibility index (Phi) is 6.78. The Bertz CT molecular complexity index is 672. The van der Waals surface area contributed by atoms with Crippen molar-refractivity contribution in [2.75, 3.05) is 20.6 Å². The van der Waals surface area contributed by atoms with E-state index in [2.05, 4.69) is 10.6 Å². The van der Waals surface area contributed by atoms with Gasteiger partial charge in [-0.05, 0) is 54.2 Å². The van der Waals surface area contributed by atoms with Gasteiger partial charge in [0.05, 0.1) is 6.04 Å². The predicted molar refractivity (Wildman–Crippen MR) is 97.1 cm³/mol. The number of thiophene rings is 1. The quantitative estimate of drug-likeness (QED) is 0.773. The van der Waals surface area contributed by atoms with E-state index in [4.69, 9.17) is 11.6 Å². The molecule has 2 aromatic rings. The Hall–Kier alpha value is -1.89. The van der Waals surface area contributed by atoms with Crippen LogP contribution >= 0.6 is 22.9 Å². The van der Waals surface area contributed by atoms with Crippen LogP contribution in [-0.4, -0.2) is 37.4 Å². The zero-order chi connectivity index (χ0) is 17.5. The molecule has 0 aliphatic heterocycles. The number of rotatable bonds is 6. The molecule has 2 N–H and O–H groups in total. The van der Waals surface area contributed by atoms with Crippen LogP contribution < -0.4 is 10.6 Å². The van der Waals surface area contributed by atoms with Gasteiger partial charge in [0.1, 0.15) is 0 Å². The first-order valence-electron chi connectivity index (χ1n) is 7.46. The lowest BCUT2D eigenvalue weighted by Gasteiger charge is -2.23. The van der Waals surface area contributed by atoms with E-state index in [-0.39, 0.29) is 12.6 Å². The van der Waals surface area contributed by atoms with Gasteiger partial charge in [0.15, 0.2) is 0 Å². The van der Waals surface area contributed by atoms with Crippen LogP contribution in [0.25, 0.3) is 0 Å². The number of hydrogen-bond donors (Lipinski definition) is 2. The highest BCUT2D eigenvalue weighted by Crippen LogP contribution is 2.19. The second-order valence-electron chi connectivity index (χ2n) is 5.56. The molecule has 5 nitrogen and oxygen atoms in total. The first-order chi connectivity index (χ1) is 11.5. The van der Waals surface area contributed by atoms with Crippen LogP contribution in [0.1, 0.15) is 17.2 Å². The standard InChI is InChI=1S/C17H20ClN3O2S/c1-21(2)15(13-7-8-24-11-13)10-20-17(23)16(22)19-9-12-3-5-14(18)6-4-12/h3-8,11,15H,9-10H2,1-2H3,(H,19,22)(H,20,23)/t15-/m0/s1. The number of halogens is 1. The molecule has 0 unspecified atom stereocenters. The van der Waals surface area contributed by atoms with E-state index >= 15 is 0 Å². The fraction of sp³-hybridized carbons (Fsp3) is 0.294. The topological polar surface area (TPSA) is 61.4 Å². The number of nitrogens with one attached hydrogen (secondary N) is 2. The molecule has 0 aliphatic rings. The van der Waals surface area contributed by atoms with Crippen LogP contribution in [0.5, 0.6) is 0 Å². The molecule has 7 heteroatoms. The minimum absolute atomic E-state index is 0.0317. The summed E-state index contributed by atoms with van der Waals surface area (Å²) in [4.78, 5) is 25.9. The van der Waals surface area contributed by atoms with Crippen molar-refractivity contribution in [1.82, 2.24) is 15.5 Å². The largest absolute Gasteiger partial charge is 0.346 e. The zero-order valence-corrected chi connectivity index (χ0v) is 15.2. The van der Waals surface area contributed by atoms with Gasteiger partial charge in [-0.15, -0.1) is 0 Å². The lowest BCUT2D eigenvalue weighted by molar-refractivity contribution is -0.139. The summed E-state index contributed by atoms with van der Waals surface area (Å²) >= 11 is 7.41. The molecule has 0 bridgehead atoms. The van der Waals surface area contributed by atoms with Crippen LogP contribution in [0, 0.1) is 0 Å². The molecule has 0 fully saturated rings. The monoisotopic (exact) mass is 365 g/mol. The van der Waals surface area contributed by atoms with Crippen molar-refractivity contribution < 1.29 is 9.59 Å². The molecule has 0 spiro atoms. The molecule has 2 rings (SSSR count). The Morgan fingerprint density at radius 2 is 1.79 bits per heavy atom. The third kappa shape index (κ3) is 5.33. The van der Waals surface area contributed by atoms with Crippen molar-refractivity contribution in [1.29, 1.82) is 0 Å². The Morgan fingerprint density at radius 1 is 1.12 bits per heavy atom. The predicted octanol–water partition coefficient (Wildman–Crippen LogP) is 2.44. The minimum atomic E-state index is -0.646. The van der Waals surface area contributed by atoms with Gasteiger partial charge in [0.2, 0.25) is 0 Å². The molecule has 1 heterocycles. The molecular weight excluding hydrogens is 346 g/mol. The number of nitrogens with zero attached hydrogens (tertiary/aromatic N) is 1. The van der Waals surface area contributed by atoms with Crippen molar-refractivity contribution in [3.8, 4) is 0 Å². The summed E-state index contributed by atoms with van der Waals surface area (Å²) in [5.41, 5.74) is 2.00. The van der Waals surface area contributed by atoms with Crippen molar-refractivity contribution in [2.24, 2.45) is 0 Å². The number of carbonyl (C=O) groups is 2. The van der Waals surface area contributed by atoms with Gasteiger partial charge in [-0.25, -0.2) is 0 Å². The van der Waals surface area contributed by atoms with Crippen LogP contribution in [0.15, 0.2) is 41.1 Å². The van der Waals surface area contributed by atoms with Gasteiger partial charge in [-0.3, -0.25) is 9.59 Å². The molecule has 1 atom stereocenters. The summed E-state index contributed by atoms with van der Waals surface area (Å²) in [5, 5.41) is 9.95. The lowest BCUT2D eigenvalue weighted by Crippen LogP contribution is -2.42. The van der Waals surface area contributed by atoms with Gasteiger partial charge >= 0.3 is 11.8 Å². The smallest absolute Gasteiger partial charge is 0.309 e. The van der Waals surface area contributed by atoms with E-state index in [0.717, 1.165) is 11.1 Å². The van der Waals surface area contributed by atoms with Gasteiger partial charge in [-0.2, -0.15) is 11.3 Å². The van der Waals surface area contributed by atoms with Crippen LogP contribution in [-0.2, 0) is 16.1 Å². The van der Waals surface area contributed by atoms with Crippen molar-refractivity contribution in [3.05, 3.63) is 57.2 Å². The van der Waals surface area contributed by atoms with E-state index in [9.17, 15) is 9.59 Å². The summed E-state index contributed by atoms with van der Waals surface area (Å²) in [6.45, 7) is 0.655. The van der Waals surface area contributed by atoms with Crippen LogP contribution in [0.3, 0.4) is 0 Å². The normalized spacial score (nSPS) is 12.0. The van der Waals surface area contributed by atoms with E-state index < -0.39 is 11.8 Å². The summed E-state index contributed by atoms with van der Waals surface area (Å²) in [6.07, 6.45) is 0. The third-order valence-corrected chi connectivity index (χ3v) is 4.53. The van der Waals surface area contributed by atoms with Crippen molar-refractivity contribution in [3.63, 3.8) is 0 Å². The minimum Gasteiger partial charge on any atom is -0.346 e. The first kappa shape index (κ1) is 18.4. The lowest BCUT2D eigenvalue weighted by atomic mass is 10.1. The number of carbonyl (C=O) groups excluding carboxylic acids is 2. The number of amides is 2. The Balaban J connectivity index is 1.82. The summed E-state index contributed by atoms with van der Waals surface area (Å²) in [7, 11) is 3.88. The van der Waals surface area contributed by atoms with Gasteiger partial charge in [-0.1, -0.05) is 23.7 Å². The molecule has 0 saturated heterocycles. The number of hydrogen-bond acceptors (Lipinski definition) is 4. The highest BCUT2D eigenvalue weighted by molar-refractivity contribution is 7.07. The Morgan fingerprint density at radius 3 is 2.38 bits per heavy atom. The average Bonchev–Trinajstić information content (AvgIpc) is 3.08. The molecule has 0 radical (unpaired) electrons. The number of likely N-dealkylation sites (N-methyl/N-ethyl adjacent to an activating group) is 1. The van der Waals surface area contributed by atoms with E-state index in [0.29, 0.717) is 11.6 Å². The maximum atomic E-state index is 12.0. The molecule has 0 saturated carbocycles. The second kappa shape index (κ2) is 8.82. The van der Waals surface area contributed by atoms with Gasteiger partial charge in [0.25, 0.3) is 0 Å². The summed E-state index contributed by atoms with van der Waals surface area (Å²) < 4.78 is 0. The third-order valence-electron chi connectivity index (χ3n) is 3.58. The summed E-state index contributed by atoms with van der Waals surface area (Å²) in [5.74, 6) is -1.28. The molecule has 2 amide bonds. The van der Waals surface area contributed by atoms with Gasteiger partial charge < -0.3 is 15.5 Å². The summed E-state index contributed by atoms with van der Waals surface area (Å²) in [6, 6.07) is 9.14. The molecule has 128 valence electrons. The molecule has 1 aromatic heterocycles. The van der Waals surface area contributed by atoms with E-state index in [1.807, 2.05) is 35.8 Å². The fourth-order valence-electron chi connectivity index (χ4n) is 2.20. The number of benzene rings is 1. The molecule has 0 aliphatic carbocycles. The average molecular weight is 366 g/mol. The van der Waals surface area contributed by atoms with Crippen LogP contribution in [0.4, 0.5) is 0 Å². The SMILES string of the molecule is CN(C)[C@@H](CNC(=O)C(=O)NCc1ccc(Cl)cc1)c1ccsc1.